The van der Waals surface area contributed by atoms with Gasteiger partial charge in [0, 0.05) is 30.4 Å². The maximum Gasteiger partial charge on any atom is 0.331 e. The van der Waals surface area contributed by atoms with Crippen LogP contribution in [0.1, 0.15) is 11.1 Å². The van der Waals surface area contributed by atoms with Gasteiger partial charge in [-0.3, -0.25) is 4.79 Å². The van der Waals surface area contributed by atoms with E-state index in [0.29, 0.717) is 18.8 Å². The Kier molecular flexibility index (Phi) is 7.84. The SMILES string of the molecule is C=CCNCC(COc1cccc2c1CC(=O)N2)OC(=O)C=Cc1ccc(OC)cc1. The van der Waals surface area contributed by atoms with Crippen LogP contribution in [0.5, 0.6) is 11.5 Å². The fourth-order valence-electron chi connectivity index (χ4n) is 3.10. The van der Waals surface area contributed by atoms with Crippen LogP contribution in [0.25, 0.3) is 6.08 Å². The van der Waals surface area contributed by atoms with Crippen molar-refractivity contribution >= 4 is 23.6 Å². The van der Waals surface area contributed by atoms with E-state index in [0.717, 1.165) is 22.6 Å². The fourth-order valence-corrected chi connectivity index (χ4v) is 3.10. The third-order valence-corrected chi connectivity index (χ3v) is 4.64. The van der Waals surface area contributed by atoms with Gasteiger partial charge in [-0.15, -0.1) is 6.58 Å². The van der Waals surface area contributed by atoms with Crippen molar-refractivity contribution in [2.45, 2.75) is 12.5 Å². The Morgan fingerprint density at radius 3 is 2.81 bits per heavy atom. The molecule has 1 heterocycles. The Labute approximate surface area is 181 Å². The topological polar surface area (TPSA) is 85.9 Å². The molecule has 162 valence electrons. The molecule has 7 nitrogen and oxygen atoms in total. The lowest BCUT2D eigenvalue weighted by Gasteiger charge is -2.19. The van der Waals surface area contributed by atoms with Gasteiger partial charge in [-0.2, -0.15) is 0 Å². The summed E-state index contributed by atoms with van der Waals surface area (Å²) in [6.07, 6.45) is 4.54. The van der Waals surface area contributed by atoms with Crippen LogP contribution in [-0.4, -0.2) is 44.8 Å². The number of rotatable bonds is 11. The van der Waals surface area contributed by atoms with Gasteiger partial charge in [-0.25, -0.2) is 4.79 Å². The Morgan fingerprint density at radius 1 is 1.26 bits per heavy atom. The van der Waals surface area contributed by atoms with Crippen molar-refractivity contribution in [3.8, 4) is 11.5 Å². The second kappa shape index (κ2) is 11.0. The third-order valence-electron chi connectivity index (χ3n) is 4.64. The van der Waals surface area contributed by atoms with Crippen molar-refractivity contribution in [1.29, 1.82) is 0 Å². The first-order valence-corrected chi connectivity index (χ1v) is 9.98. The summed E-state index contributed by atoms with van der Waals surface area (Å²) in [6, 6.07) is 12.8. The van der Waals surface area contributed by atoms with Gasteiger partial charge in [0.2, 0.25) is 5.91 Å². The quantitative estimate of drug-likeness (QED) is 0.251. The summed E-state index contributed by atoms with van der Waals surface area (Å²) in [6.45, 7) is 4.80. The van der Waals surface area contributed by atoms with E-state index >= 15 is 0 Å². The van der Waals surface area contributed by atoms with E-state index in [-0.39, 0.29) is 18.9 Å². The van der Waals surface area contributed by atoms with Crippen molar-refractivity contribution in [3.63, 3.8) is 0 Å². The van der Waals surface area contributed by atoms with Gasteiger partial charge < -0.3 is 24.8 Å². The molecule has 31 heavy (non-hydrogen) atoms. The Bertz CT molecular complexity index is 953. The molecule has 1 aliphatic rings. The summed E-state index contributed by atoms with van der Waals surface area (Å²) in [7, 11) is 1.60. The predicted molar refractivity (Wildman–Crippen MR) is 119 cm³/mol. The predicted octanol–water partition coefficient (Wildman–Crippen LogP) is 2.97. The summed E-state index contributed by atoms with van der Waals surface area (Å²) in [5.41, 5.74) is 2.42. The second-order valence-electron chi connectivity index (χ2n) is 6.93. The molecule has 3 rings (SSSR count). The minimum Gasteiger partial charge on any atom is -0.497 e. The smallest absolute Gasteiger partial charge is 0.331 e. The normalized spacial score (nSPS) is 13.4. The summed E-state index contributed by atoms with van der Waals surface area (Å²) in [4.78, 5) is 24.0. The molecule has 1 aliphatic heterocycles. The first-order valence-electron chi connectivity index (χ1n) is 9.98. The number of hydrogen-bond acceptors (Lipinski definition) is 6. The molecule has 0 spiro atoms. The van der Waals surface area contributed by atoms with E-state index in [1.54, 1.807) is 25.3 Å². The average Bonchev–Trinajstić information content (AvgIpc) is 3.17. The number of esters is 1. The van der Waals surface area contributed by atoms with Crippen LogP contribution in [0.2, 0.25) is 0 Å². The van der Waals surface area contributed by atoms with Gasteiger partial charge in [-0.05, 0) is 35.9 Å². The molecule has 0 aliphatic carbocycles. The fraction of sp³-hybridized carbons (Fsp3) is 0.250. The molecule has 0 bridgehead atoms. The molecule has 2 aromatic rings. The van der Waals surface area contributed by atoms with Crippen molar-refractivity contribution < 1.29 is 23.8 Å². The van der Waals surface area contributed by atoms with Crippen molar-refractivity contribution in [3.05, 3.63) is 72.3 Å². The number of amides is 1. The number of nitrogens with one attached hydrogen (secondary N) is 2. The monoisotopic (exact) mass is 422 g/mol. The first-order chi connectivity index (χ1) is 15.1. The lowest BCUT2D eigenvalue weighted by atomic mass is 10.1. The molecule has 0 radical (unpaired) electrons. The second-order valence-corrected chi connectivity index (χ2v) is 6.93. The highest BCUT2D eigenvalue weighted by molar-refractivity contribution is 6.00. The summed E-state index contributed by atoms with van der Waals surface area (Å²) >= 11 is 0. The molecule has 2 N–H and O–H groups in total. The zero-order valence-corrected chi connectivity index (χ0v) is 17.4. The van der Waals surface area contributed by atoms with E-state index in [2.05, 4.69) is 17.2 Å². The lowest BCUT2D eigenvalue weighted by molar-refractivity contribution is -0.144. The van der Waals surface area contributed by atoms with Crippen LogP contribution in [0.4, 0.5) is 5.69 Å². The lowest BCUT2D eigenvalue weighted by Crippen LogP contribution is -2.35. The summed E-state index contributed by atoms with van der Waals surface area (Å²) < 4.78 is 16.6. The maximum atomic E-state index is 12.3. The molecule has 2 aromatic carbocycles. The van der Waals surface area contributed by atoms with Gasteiger partial charge in [0.05, 0.1) is 13.5 Å². The minimum atomic E-state index is -0.520. The molecule has 0 saturated carbocycles. The van der Waals surface area contributed by atoms with Gasteiger partial charge in [0.1, 0.15) is 24.2 Å². The number of benzene rings is 2. The minimum absolute atomic E-state index is 0.0645. The van der Waals surface area contributed by atoms with E-state index in [1.807, 2.05) is 36.4 Å². The number of carbonyl (C=O) groups excluding carboxylic acids is 2. The summed E-state index contributed by atoms with van der Waals surface area (Å²) in [5.74, 6) is 0.814. The molecule has 1 amide bonds. The zero-order chi connectivity index (χ0) is 22.1. The van der Waals surface area contributed by atoms with Crippen molar-refractivity contribution in [1.82, 2.24) is 5.32 Å². The van der Waals surface area contributed by atoms with Crippen molar-refractivity contribution in [2.75, 3.05) is 32.1 Å². The van der Waals surface area contributed by atoms with E-state index in [4.69, 9.17) is 14.2 Å². The highest BCUT2D eigenvalue weighted by atomic mass is 16.6. The highest BCUT2D eigenvalue weighted by Crippen LogP contribution is 2.31. The highest BCUT2D eigenvalue weighted by Gasteiger charge is 2.22. The first kappa shape index (κ1) is 22.1. The van der Waals surface area contributed by atoms with E-state index in [9.17, 15) is 9.59 Å². The van der Waals surface area contributed by atoms with Crippen LogP contribution in [0, 0.1) is 0 Å². The molecular weight excluding hydrogens is 396 g/mol. The van der Waals surface area contributed by atoms with Crippen molar-refractivity contribution in [2.24, 2.45) is 0 Å². The molecule has 0 saturated heterocycles. The Balaban J connectivity index is 1.60. The van der Waals surface area contributed by atoms with Crippen LogP contribution >= 0.6 is 0 Å². The molecular formula is C24H26N2O5. The van der Waals surface area contributed by atoms with Gasteiger partial charge in [0.25, 0.3) is 0 Å². The number of carbonyl (C=O) groups is 2. The van der Waals surface area contributed by atoms with Crippen LogP contribution in [-0.2, 0) is 20.7 Å². The van der Waals surface area contributed by atoms with E-state index in [1.165, 1.54) is 6.08 Å². The van der Waals surface area contributed by atoms with Gasteiger partial charge >= 0.3 is 5.97 Å². The molecule has 7 heteroatoms. The average molecular weight is 422 g/mol. The zero-order valence-electron chi connectivity index (χ0n) is 17.4. The Hall–Kier alpha value is -3.58. The molecule has 0 fully saturated rings. The maximum absolute atomic E-state index is 12.3. The largest absolute Gasteiger partial charge is 0.497 e. The van der Waals surface area contributed by atoms with Gasteiger partial charge in [0.15, 0.2) is 0 Å². The third kappa shape index (κ3) is 6.45. The van der Waals surface area contributed by atoms with Crippen LogP contribution in [0.3, 0.4) is 0 Å². The number of anilines is 1. The molecule has 1 unspecified atom stereocenters. The number of methoxy groups -OCH3 is 1. The summed E-state index contributed by atoms with van der Waals surface area (Å²) in [5, 5.41) is 5.94. The Morgan fingerprint density at radius 2 is 2.06 bits per heavy atom. The van der Waals surface area contributed by atoms with Crippen LogP contribution in [0.15, 0.2) is 61.2 Å². The van der Waals surface area contributed by atoms with Gasteiger partial charge in [-0.1, -0.05) is 24.3 Å². The number of hydrogen-bond donors (Lipinski definition) is 2. The molecule has 0 aromatic heterocycles. The van der Waals surface area contributed by atoms with E-state index < -0.39 is 12.1 Å². The standard InChI is InChI=1S/C24H26N2O5/c1-3-13-25-15-19(16-30-22-6-4-5-21-20(22)14-23(27)26-21)31-24(28)12-9-17-7-10-18(29-2)11-8-17/h3-12,19,25H,1,13-16H2,2H3,(H,26,27). The van der Waals surface area contributed by atoms with Crippen LogP contribution < -0.4 is 20.1 Å². The number of fused-ring (bicyclic) bond motifs is 1. The number of ether oxygens (including phenoxy) is 3. The molecule has 1 atom stereocenters.